The van der Waals surface area contributed by atoms with Gasteiger partial charge in [0, 0.05) is 25.6 Å². The fourth-order valence-electron chi connectivity index (χ4n) is 2.29. The van der Waals surface area contributed by atoms with E-state index in [0.717, 1.165) is 55.6 Å². The summed E-state index contributed by atoms with van der Waals surface area (Å²) in [4.78, 5) is 28.2. The topological polar surface area (TPSA) is 50.3 Å². The molecule has 0 aliphatic carbocycles. The zero-order valence-corrected chi connectivity index (χ0v) is 10.7. The van der Waals surface area contributed by atoms with Crippen LogP contribution in [-0.2, 0) is 22.4 Å². The van der Waals surface area contributed by atoms with Crippen LogP contribution in [-0.4, -0.2) is 23.7 Å². The highest BCUT2D eigenvalue weighted by atomic mass is 16.2. The second-order valence-corrected chi connectivity index (χ2v) is 4.62. The second-order valence-electron chi connectivity index (χ2n) is 4.62. The van der Waals surface area contributed by atoms with Crippen LogP contribution >= 0.6 is 0 Å². The van der Waals surface area contributed by atoms with Crippen LogP contribution in [0.4, 0.5) is 5.82 Å². The van der Waals surface area contributed by atoms with E-state index in [0.29, 0.717) is 6.42 Å². The van der Waals surface area contributed by atoms with E-state index >= 15 is 0 Å². The number of carbonyl (C=O) groups is 2. The van der Waals surface area contributed by atoms with Crippen LogP contribution in [0.5, 0.6) is 0 Å². The standard InChI is InChI=1S/C14H18N2O2/c1-11(18)16-9-4-5-12-7-8-13(15-14(12)16)6-2-3-10-17/h7-8,10H,2-6,9H2,1H3. The van der Waals surface area contributed by atoms with Gasteiger partial charge in [0.1, 0.15) is 12.1 Å². The van der Waals surface area contributed by atoms with Crippen molar-refractivity contribution >= 4 is 18.0 Å². The number of amides is 1. The quantitative estimate of drug-likeness (QED) is 0.602. The molecule has 0 unspecified atom stereocenters. The second kappa shape index (κ2) is 5.76. The van der Waals surface area contributed by atoms with Crippen molar-refractivity contribution < 1.29 is 9.59 Å². The lowest BCUT2D eigenvalue weighted by Crippen LogP contribution is -2.34. The Labute approximate surface area is 107 Å². The number of fused-ring (bicyclic) bond motifs is 1. The van der Waals surface area contributed by atoms with Gasteiger partial charge in [-0.15, -0.1) is 0 Å². The molecule has 0 saturated carbocycles. The van der Waals surface area contributed by atoms with Crippen LogP contribution in [0.25, 0.3) is 0 Å². The predicted octanol–water partition coefficient (Wildman–Crippen LogP) is 1.90. The van der Waals surface area contributed by atoms with E-state index in [9.17, 15) is 9.59 Å². The van der Waals surface area contributed by atoms with Crippen molar-refractivity contribution in [2.24, 2.45) is 0 Å². The highest BCUT2D eigenvalue weighted by molar-refractivity contribution is 5.91. The van der Waals surface area contributed by atoms with Gasteiger partial charge in [-0.1, -0.05) is 6.07 Å². The number of unbranched alkanes of at least 4 members (excludes halogenated alkanes) is 1. The summed E-state index contributed by atoms with van der Waals surface area (Å²) in [6.07, 6.45) is 5.09. The van der Waals surface area contributed by atoms with Gasteiger partial charge in [-0.05, 0) is 37.3 Å². The molecule has 4 nitrogen and oxygen atoms in total. The molecule has 0 N–H and O–H groups in total. The van der Waals surface area contributed by atoms with Gasteiger partial charge in [-0.3, -0.25) is 9.69 Å². The minimum absolute atomic E-state index is 0.0495. The summed E-state index contributed by atoms with van der Waals surface area (Å²) in [5.74, 6) is 0.867. The van der Waals surface area contributed by atoms with E-state index in [2.05, 4.69) is 11.1 Å². The highest BCUT2D eigenvalue weighted by Gasteiger charge is 2.21. The molecule has 1 aromatic heterocycles. The number of aldehydes is 1. The zero-order valence-electron chi connectivity index (χ0n) is 10.7. The Morgan fingerprint density at radius 2 is 2.33 bits per heavy atom. The van der Waals surface area contributed by atoms with Crippen LogP contribution in [0.15, 0.2) is 12.1 Å². The lowest BCUT2D eigenvalue weighted by molar-refractivity contribution is -0.116. The minimum Gasteiger partial charge on any atom is -0.303 e. The van der Waals surface area contributed by atoms with Crippen LogP contribution < -0.4 is 4.90 Å². The van der Waals surface area contributed by atoms with Crippen molar-refractivity contribution in [3.63, 3.8) is 0 Å². The van der Waals surface area contributed by atoms with Crippen molar-refractivity contribution in [2.75, 3.05) is 11.4 Å². The lowest BCUT2D eigenvalue weighted by Gasteiger charge is -2.27. The molecular formula is C14H18N2O2. The number of hydrogen-bond donors (Lipinski definition) is 0. The molecule has 0 atom stereocenters. The minimum atomic E-state index is 0.0495. The summed E-state index contributed by atoms with van der Waals surface area (Å²) in [5, 5.41) is 0. The van der Waals surface area contributed by atoms with Gasteiger partial charge < -0.3 is 4.79 Å². The summed E-state index contributed by atoms with van der Waals surface area (Å²) in [6, 6.07) is 4.07. The largest absolute Gasteiger partial charge is 0.303 e. The van der Waals surface area contributed by atoms with Gasteiger partial charge >= 0.3 is 0 Å². The summed E-state index contributed by atoms with van der Waals surface area (Å²) < 4.78 is 0. The van der Waals surface area contributed by atoms with E-state index in [1.165, 1.54) is 0 Å². The molecule has 4 heteroatoms. The molecule has 1 aliphatic heterocycles. The maximum Gasteiger partial charge on any atom is 0.225 e. The normalized spacial score (nSPS) is 14.2. The van der Waals surface area contributed by atoms with Crippen molar-refractivity contribution in [1.29, 1.82) is 0 Å². The molecule has 0 bridgehead atoms. The first-order valence-electron chi connectivity index (χ1n) is 6.43. The molecule has 1 aliphatic rings. The third kappa shape index (κ3) is 2.75. The average Bonchev–Trinajstić information content (AvgIpc) is 2.38. The van der Waals surface area contributed by atoms with E-state index in [1.807, 2.05) is 6.07 Å². The number of carbonyl (C=O) groups excluding carboxylic acids is 2. The fourth-order valence-corrected chi connectivity index (χ4v) is 2.29. The van der Waals surface area contributed by atoms with Gasteiger partial charge in [-0.2, -0.15) is 0 Å². The zero-order chi connectivity index (χ0) is 13.0. The van der Waals surface area contributed by atoms with Crippen LogP contribution in [0.2, 0.25) is 0 Å². The first-order valence-corrected chi connectivity index (χ1v) is 6.43. The van der Waals surface area contributed by atoms with Crippen LogP contribution in [0.1, 0.15) is 37.4 Å². The molecule has 2 heterocycles. The summed E-state index contributed by atoms with van der Waals surface area (Å²) in [6.45, 7) is 2.34. The van der Waals surface area contributed by atoms with Crippen molar-refractivity contribution in [3.05, 3.63) is 23.4 Å². The van der Waals surface area contributed by atoms with E-state index in [4.69, 9.17) is 0 Å². The van der Waals surface area contributed by atoms with Crippen molar-refractivity contribution in [2.45, 2.75) is 39.0 Å². The van der Waals surface area contributed by atoms with Crippen LogP contribution in [0.3, 0.4) is 0 Å². The van der Waals surface area contributed by atoms with Crippen molar-refractivity contribution in [3.8, 4) is 0 Å². The Morgan fingerprint density at radius 3 is 3.06 bits per heavy atom. The Bertz CT molecular complexity index is 457. The van der Waals surface area contributed by atoms with Crippen molar-refractivity contribution in [1.82, 2.24) is 4.98 Å². The molecule has 18 heavy (non-hydrogen) atoms. The maximum absolute atomic E-state index is 11.6. The number of nitrogens with zero attached hydrogens (tertiary/aromatic N) is 2. The number of hydrogen-bond acceptors (Lipinski definition) is 3. The van der Waals surface area contributed by atoms with Gasteiger partial charge in [0.05, 0.1) is 0 Å². The van der Waals surface area contributed by atoms with E-state index in [-0.39, 0.29) is 5.91 Å². The highest BCUT2D eigenvalue weighted by Crippen LogP contribution is 2.25. The number of rotatable bonds is 4. The first-order chi connectivity index (χ1) is 8.72. The molecule has 2 rings (SSSR count). The lowest BCUT2D eigenvalue weighted by atomic mass is 10.0. The summed E-state index contributed by atoms with van der Waals surface area (Å²) >= 11 is 0. The monoisotopic (exact) mass is 246 g/mol. The van der Waals surface area contributed by atoms with E-state index < -0.39 is 0 Å². The third-order valence-corrected chi connectivity index (χ3v) is 3.23. The Morgan fingerprint density at radius 1 is 1.50 bits per heavy atom. The molecule has 0 fully saturated rings. The van der Waals surface area contributed by atoms with Gasteiger partial charge in [0.2, 0.25) is 5.91 Å². The SMILES string of the molecule is CC(=O)N1CCCc2ccc(CCCC=O)nc21. The van der Waals surface area contributed by atoms with Gasteiger partial charge in [0.15, 0.2) is 0 Å². The van der Waals surface area contributed by atoms with E-state index in [1.54, 1.807) is 11.8 Å². The number of anilines is 1. The summed E-state index contributed by atoms with van der Waals surface area (Å²) in [5.41, 5.74) is 2.11. The fraction of sp³-hybridized carbons (Fsp3) is 0.500. The Balaban J connectivity index is 2.19. The molecular weight excluding hydrogens is 228 g/mol. The Kier molecular flexibility index (Phi) is 4.07. The van der Waals surface area contributed by atoms with Crippen LogP contribution in [0, 0.1) is 0 Å². The summed E-state index contributed by atoms with van der Waals surface area (Å²) in [7, 11) is 0. The molecule has 1 aromatic rings. The molecule has 0 aromatic carbocycles. The first kappa shape index (κ1) is 12.7. The number of aromatic nitrogens is 1. The smallest absolute Gasteiger partial charge is 0.225 e. The third-order valence-electron chi connectivity index (χ3n) is 3.23. The van der Waals surface area contributed by atoms with Gasteiger partial charge in [-0.25, -0.2) is 4.98 Å². The predicted molar refractivity (Wildman–Crippen MR) is 69.6 cm³/mol. The molecule has 96 valence electrons. The maximum atomic E-state index is 11.6. The molecule has 0 saturated heterocycles. The number of aryl methyl sites for hydroxylation is 2. The average molecular weight is 246 g/mol. The number of pyridine rings is 1. The van der Waals surface area contributed by atoms with Gasteiger partial charge in [0.25, 0.3) is 0 Å². The Hall–Kier alpha value is -1.71. The molecule has 1 amide bonds. The molecule has 0 radical (unpaired) electrons. The molecule has 0 spiro atoms.